The molecule has 7 nitrogen and oxygen atoms in total. The lowest BCUT2D eigenvalue weighted by molar-refractivity contribution is -0.138. The minimum atomic E-state index is -0.0544. The third-order valence-corrected chi connectivity index (χ3v) is 4.76. The Bertz CT molecular complexity index is 962. The molecule has 1 saturated heterocycles. The number of rotatable bonds is 6. The molecule has 1 aromatic heterocycles. The number of benzene rings is 2. The summed E-state index contributed by atoms with van der Waals surface area (Å²) in [6.07, 6.45) is 0. The molecule has 7 heteroatoms. The van der Waals surface area contributed by atoms with Gasteiger partial charge in [-0.25, -0.2) is 0 Å². The van der Waals surface area contributed by atoms with Crippen LogP contribution in [-0.2, 0) is 4.79 Å². The lowest BCUT2D eigenvalue weighted by atomic mass is 10.0. The average Bonchev–Trinajstić information content (AvgIpc) is 3.16. The zero-order valence-corrected chi connectivity index (χ0v) is 15.8. The van der Waals surface area contributed by atoms with E-state index in [0.29, 0.717) is 36.3 Å². The highest BCUT2D eigenvalue weighted by atomic mass is 16.5. The van der Waals surface area contributed by atoms with E-state index in [1.807, 2.05) is 55.5 Å². The fourth-order valence-electron chi connectivity index (χ4n) is 3.05. The van der Waals surface area contributed by atoms with Crippen molar-refractivity contribution in [2.24, 2.45) is 0 Å². The number of hydrogen-bond acceptors (Lipinski definition) is 6. The van der Waals surface area contributed by atoms with E-state index < -0.39 is 0 Å². The van der Waals surface area contributed by atoms with Gasteiger partial charge in [0.05, 0.1) is 18.6 Å². The minimum absolute atomic E-state index is 0.0199. The molecule has 3 aromatic rings. The maximum absolute atomic E-state index is 12.3. The Morgan fingerprint density at radius 1 is 1.18 bits per heavy atom. The van der Waals surface area contributed by atoms with Gasteiger partial charge < -0.3 is 18.9 Å². The number of likely N-dealkylation sites (tertiary alicyclic amines) is 1. The van der Waals surface area contributed by atoms with Gasteiger partial charge in [0, 0.05) is 13.1 Å². The summed E-state index contributed by atoms with van der Waals surface area (Å²) in [6, 6.07) is 15.1. The van der Waals surface area contributed by atoms with E-state index >= 15 is 0 Å². The second-order valence-corrected chi connectivity index (χ2v) is 6.75. The van der Waals surface area contributed by atoms with Crippen LogP contribution in [-0.4, -0.2) is 47.8 Å². The summed E-state index contributed by atoms with van der Waals surface area (Å²) in [4.78, 5) is 18.5. The molecule has 0 aliphatic carbocycles. The molecule has 1 aliphatic rings. The molecular weight excluding hydrogens is 358 g/mol. The molecule has 4 rings (SSSR count). The highest BCUT2D eigenvalue weighted by Crippen LogP contribution is 2.31. The van der Waals surface area contributed by atoms with Crippen LogP contribution in [0.1, 0.15) is 17.4 Å². The predicted molar refractivity (Wildman–Crippen MR) is 102 cm³/mol. The second kappa shape index (κ2) is 7.72. The number of methoxy groups -OCH3 is 1. The minimum Gasteiger partial charge on any atom is -0.496 e. The molecule has 28 heavy (non-hydrogen) atoms. The van der Waals surface area contributed by atoms with Crippen LogP contribution < -0.4 is 9.47 Å². The molecule has 1 aliphatic heterocycles. The average molecular weight is 379 g/mol. The first-order valence-electron chi connectivity index (χ1n) is 9.08. The van der Waals surface area contributed by atoms with Gasteiger partial charge in [-0.05, 0) is 31.2 Å². The van der Waals surface area contributed by atoms with Crippen molar-refractivity contribution < 1.29 is 18.8 Å². The topological polar surface area (TPSA) is 77.7 Å². The number of aromatic nitrogens is 2. The summed E-state index contributed by atoms with van der Waals surface area (Å²) in [6.45, 7) is 3.12. The highest BCUT2D eigenvalue weighted by molar-refractivity contribution is 5.78. The number of ether oxygens (including phenoxy) is 2. The standard InChI is InChI=1S/C21H21N3O4/c1-14-7-9-16(10-8-14)27-13-19(25)24-11-15(12-24)21-22-20(23-28-21)17-5-3-4-6-18(17)26-2/h3-10,15H,11-13H2,1-2H3. The van der Waals surface area contributed by atoms with Crippen molar-refractivity contribution in [1.82, 2.24) is 15.0 Å². The van der Waals surface area contributed by atoms with Gasteiger partial charge in [0.1, 0.15) is 11.5 Å². The Kier molecular flexibility index (Phi) is 4.97. The molecule has 144 valence electrons. The molecule has 2 aromatic carbocycles. The van der Waals surface area contributed by atoms with Gasteiger partial charge in [-0.15, -0.1) is 0 Å². The molecule has 0 atom stereocenters. The molecule has 0 saturated carbocycles. The van der Waals surface area contributed by atoms with Gasteiger partial charge in [0.15, 0.2) is 6.61 Å². The van der Waals surface area contributed by atoms with Crippen LogP contribution in [0.4, 0.5) is 0 Å². The van der Waals surface area contributed by atoms with Gasteiger partial charge in [0.2, 0.25) is 11.7 Å². The summed E-state index contributed by atoms with van der Waals surface area (Å²) in [5.74, 6) is 2.38. The van der Waals surface area contributed by atoms with Gasteiger partial charge in [0.25, 0.3) is 5.91 Å². The van der Waals surface area contributed by atoms with E-state index in [1.165, 1.54) is 0 Å². The summed E-state index contributed by atoms with van der Waals surface area (Å²) >= 11 is 0. The molecule has 1 amide bonds. The first-order valence-corrected chi connectivity index (χ1v) is 9.08. The van der Waals surface area contributed by atoms with Crippen LogP contribution >= 0.6 is 0 Å². The van der Waals surface area contributed by atoms with Crippen LogP contribution in [0, 0.1) is 6.92 Å². The zero-order valence-electron chi connectivity index (χ0n) is 15.8. The second-order valence-electron chi connectivity index (χ2n) is 6.75. The maximum Gasteiger partial charge on any atom is 0.260 e. The monoisotopic (exact) mass is 379 g/mol. The van der Waals surface area contributed by atoms with E-state index in [4.69, 9.17) is 14.0 Å². The number of para-hydroxylation sites is 1. The Morgan fingerprint density at radius 3 is 2.68 bits per heavy atom. The number of hydrogen-bond donors (Lipinski definition) is 0. The summed E-state index contributed by atoms with van der Waals surface area (Å²) in [5.41, 5.74) is 1.93. The van der Waals surface area contributed by atoms with Gasteiger partial charge in [-0.1, -0.05) is 35.0 Å². The number of carbonyl (C=O) groups excluding carboxylic acids is 1. The van der Waals surface area contributed by atoms with E-state index in [1.54, 1.807) is 12.0 Å². The molecule has 0 radical (unpaired) electrons. The Labute approximate surface area is 162 Å². The normalized spacial score (nSPS) is 13.9. The molecular formula is C21H21N3O4. The third kappa shape index (κ3) is 3.69. The first-order chi connectivity index (χ1) is 13.6. The molecule has 0 N–H and O–H groups in total. The van der Waals surface area contributed by atoms with Crippen molar-refractivity contribution >= 4 is 5.91 Å². The fraction of sp³-hybridized carbons (Fsp3) is 0.286. The molecule has 2 heterocycles. The number of carbonyl (C=O) groups is 1. The van der Waals surface area contributed by atoms with E-state index in [0.717, 1.165) is 11.1 Å². The largest absolute Gasteiger partial charge is 0.496 e. The SMILES string of the molecule is COc1ccccc1-c1noc(C2CN(C(=O)COc3ccc(C)cc3)C2)n1. The molecule has 1 fully saturated rings. The van der Waals surface area contributed by atoms with Crippen LogP contribution in [0.3, 0.4) is 0 Å². The van der Waals surface area contributed by atoms with Crippen molar-refractivity contribution in [2.45, 2.75) is 12.8 Å². The fourth-order valence-corrected chi connectivity index (χ4v) is 3.05. The van der Waals surface area contributed by atoms with Crippen molar-refractivity contribution in [2.75, 3.05) is 26.8 Å². The maximum atomic E-state index is 12.3. The summed E-state index contributed by atoms with van der Waals surface area (Å²) in [7, 11) is 1.61. The summed E-state index contributed by atoms with van der Waals surface area (Å²) in [5, 5.41) is 4.06. The van der Waals surface area contributed by atoms with Crippen molar-refractivity contribution in [3.63, 3.8) is 0 Å². The number of amides is 1. The third-order valence-electron chi connectivity index (χ3n) is 4.76. The Hall–Kier alpha value is -3.35. The molecule has 0 unspecified atom stereocenters. The Balaban J connectivity index is 1.32. The smallest absolute Gasteiger partial charge is 0.260 e. The van der Waals surface area contributed by atoms with Crippen molar-refractivity contribution in [3.8, 4) is 22.9 Å². The number of aryl methyl sites for hydroxylation is 1. The molecule has 0 spiro atoms. The first kappa shape index (κ1) is 18.0. The van der Waals surface area contributed by atoms with Gasteiger partial charge in [-0.3, -0.25) is 4.79 Å². The highest BCUT2D eigenvalue weighted by Gasteiger charge is 2.35. The van der Waals surface area contributed by atoms with E-state index in [9.17, 15) is 4.79 Å². The lowest BCUT2D eigenvalue weighted by Crippen LogP contribution is -2.50. The van der Waals surface area contributed by atoms with Crippen LogP contribution in [0.2, 0.25) is 0 Å². The quantitative estimate of drug-likeness (QED) is 0.655. The van der Waals surface area contributed by atoms with Crippen molar-refractivity contribution in [3.05, 3.63) is 60.0 Å². The summed E-state index contributed by atoms with van der Waals surface area (Å²) < 4.78 is 16.3. The van der Waals surface area contributed by atoms with E-state index in [2.05, 4.69) is 10.1 Å². The molecule has 0 bridgehead atoms. The lowest BCUT2D eigenvalue weighted by Gasteiger charge is -2.36. The van der Waals surface area contributed by atoms with Gasteiger partial charge >= 0.3 is 0 Å². The van der Waals surface area contributed by atoms with Gasteiger partial charge in [-0.2, -0.15) is 4.98 Å². The number of nitrogens with zero attached hydrogens (tertiary/aromatic N) is 3. The van der Waals surface area contributed by atoms with Crippen LogP contribution in [0.5, 0.6) is 11.5 Å². The van der Waals surface area contributed by atoms with E-state index in [-0.39, 0.29) is 18.4 Å². The Morgan fingerprint density at radius 2 is 1.93 bits per heavy atom. The van der Waals surface area contributed by atoms with Crippen LogP contribution in [0.15, 0.2) is 53.1 Å². The zero-order chi connectivity index (χ0) is 19.5. The van der Waals surface area contributed by atoms with Crippen LogP contribution in [0.25, 0.3) is 11.4 Å². The van der Waals surface area contributed by atoms with Crippen molar-refractivity contribution in [1.29, 1.82) is 0 Å². The predicted octanol–water partition coefficient (Wildman–Crippen LogP) is 3.06.